The van der Waals surface area contributed by atoms with E-state index in [-0.39, 0.29) is 11.6 Å². The molecule has 1 aliphatic rings. The van der Waals surface area contributed by atoms with Crippen LogP contribution in [0, 0.1) is 0 Å². The largest absolute Gasteiger partial charge is 0.493 e. The van der Waals surface area contributed by atoms with Crippen molar-refractivity contribution in [2.75, 3.05) is 6.61 Å². The van der Waals surface area contributed by atoms with Gasteiger partial charge < -0.3 is 15.0 Å². The van der Waals surface area contributed by atoms with Gasteiger partial charge in [0.05, 0.1) is 12.6 Å². The number of carbonyl (C=O) groups is 1. The highest BCUT2D eigenvalue weighted by Crippen LogP contribution is 2.34. The van der Waals surface area contributed by atoms with Crippen LogP contribution in [0.1, 0.15) is 28.4 Å². The third-order valence-electron chi connectivity index (χ3n) is 4.56. The smallest absolute Gasteiger partial charge is 0.261 e. The molecule has 2 heterocycles. The van der Waals surface area contributed by atoms with Crippen LogP contribution in [0.2, 0.25) is 0 Å². The predicted octanol–water partition coefficient (Wildman–Crippen LogP) is 4.06. The molecule has 1 aliphatic heterocycles. The average Bonchev–Trinajstić information content (AvgIpc) is 2.69. The minimum absolute atomic E-state index is 0.0951. The molecule has 0 aliphatic carbocycles. The molecule has 2 N–H and O–H groups in total. The molecule has 1 atom stereocenters. The Morgan fingerprint density at radius 3 is 2.70 bits per heavy atom. The van der Waals surface area contributed by atoms with Crippen LogP contribution in [0.25, 0.3) is 11.3 Å². The first kappa shape index (κ1) is 17.5. The lowest BCUT2D eigenvalue weighted by Crippen LogP contribution is -2.35. The van der Waals surface area contributed by atoms with Crippen LogP contribution in [0.4, 0.5) is 0 Å². The first-order chi connectivity index (χ1) is 13.1. The summed E-state index contributed by atoms with van der Waals surface area (Å²) in [5.74, 6) is 0.358. The zero-order chi connectivity index (χ0) is 18.8. The molecule has 27 heavy (non-hydrogen) atoms. The molecule has 2 aromatic carbocycles. The summed E-state index contributed by atoms with van der Waals surface area (Å²) in [5, 5.41) is 2.96. The number of halogens is 1. The zero-order valence-electron chi connectivity index (χ0n) is 14.4. The molecule has 1 unspecified atom stereocenters. The van der Waals surface area contributed by atoms with Gasteiger partial charge in [-0.05, 0) is 35.9 Å². The second-order valence-electron chi connectivity index (χ2n) is 6.33. The molecule has 4 rings (SSSR count). The van der Waals surface area contributed by atoms with Crippen molar-refractivity contribution in [3.05, 3.63) is 86.6 Å². The van der Waals surface area contributed by atoms with E-state index in [0.29, 0.717) is 18.7 Å². The number of hydrogen-bond donors (Lipinski definition) is 2. The zero-order valence-corrected chi connectivity index (χ0v) is 16.0. The lowest BCUT2D eigenvalue weighted by atomic mass is 10.00. The number of pyridine rings is 1. The van der Waals surface area contributed by atoms with Crippen LogP contribution in [0.3, 0.4) is 0 Å². The van der Waals surface area contributed by atoms with Crippen molar-refractivity contribution in [1.82, 2.24) is 10.3 Å². The van der Waals surface area contributed by atoms with Gasteiger partial charge >= 0.3 is 0 Å². The number of rotatable bonds is 3. The number of fused-ring (bicyclic) bond motifs is 1. The van der Waals surface area contributed by atoms with Crippen LogP contribution < -0.4 is 15.6 Å². The monoisotopic (exact) mass is 424 g/mol. The van der Waals surface area contributed by atoms with Crippen molar-refractivity contribution in [2.45, 2.75) is 12.5 Å². The fraction of sp³-hybridized carbons (Fsp3) is 0.143. The Morgan fingerprint density at radius 1 is 1.11 bits per heavy atom. The maximum Gasteiger partial charge on any atom is 0.261 e. The van der Waals surface area contributed by atoms with E-state index in [9.17, 15) is 9.59 Å². The van der Waals surface area contributed by atoms with Gasteiger partial charge in [0, 0.05) is 22.2 Å². The summed E-state index contributed by atoms with van der Waals surface area (Å²) in [6.45, 7) is 0.517. The first-order valence-corrected chi connectivity index (χ1v) is 9.43. The SMILES string of the molecule is O=C(NC1CCOc2ccc(Br)cc21)c1ccc(-c2ccccc2)[nH]c1=O. The van der Waals surface area contributed by atoms with E-state index in [1.165, 1.54) is 0 Å². The fourth-order valence-electron chi connectivity index (χ4n) is 3.19. The standard InChI is InChI=1S/C21H17BrN2O3/c22-14-6-9-19-16(12-14)18(10-11-27-19)24-21(26)15-7-8-17(23-20(15)25)13-4-2-1-3-5-13/h1-9,12,18H,10-11H2,(H,23,25)(H,24,26). The molecule has 0 fully saturated rings. The average molecular weight is 425 g/mol. The highest BCUT2D eigenvalue weighted by Gasteiger charge is 2.24. The summed E-state index contributed by atoms with van der Waals surface area (Å²) < 4.78 is 6.56. The van der Waals surface area contributed by atoms with Crippen molar-refractivity contribution >= 4 is 21.8 Å². The molecule has 0 spiro atoms. The number of ether oxygens (including phenoxy) is 1. The van der Waals surface area contributed by atoms with Crippen molar-refractivity contribution in [3.8, 4) is 17.0 Å². The van der Waals surface area contributed by atoms with Gasteiger partial charge in [-0.3, -0.25) is 9.59 Å². The summed E-state index contributed by atoms with van der Waals surface area (Å²) in [6, 6.07) is 18.3. The topological polar surface area (TPSA) is 71.2 Å². The Hall–Kier alpha value is -2.86. The third kappa shape index (κ3) is 3.66. The van der Waals surface area contributed by atoms with Gasteiger partial charge in [-0.15, -0.1) is 0 Å². The number of amides is 1. The molecular formula is C21H17BrN2O3. The van der Waals surface area contributed by atoms with Crippen LogP contribution in [-0.4, -0.2) is 17.5 Å². The number of hydrogen-bond acceptors (Lipinski definition) is 3. The molecule has 3 aromatic rings. The van der Waals surface area contributed by atoms with E-state index in [2.05, 4.69) is 26.2 Å². The Balaban J connectivity index is 1.58. The molecular weight excluding hydrogens is 408 g/mol. The fourth-order valence-corrected chi connectivity index (χ4v) is 3.57. The van der Waals surface area contributed by atoms with Crippen LogP contribution in [-0.2, 0) is 0 Å². The molecule has 0 saturated carbocycles. The summed E-state index contributed by atoms with van der Waals surface area (Å²) in [4.78, 5) is 27.9. The van der Waals surface area contributed by atoms with Gasteiger partial charge in [0.15, 0.2) is 0 Å². The number of carbonyl (C=O) groups excluding carboxylic acids is 1. The van der Waals surface area contributed by atoms with E-state index < -0.39 is 11.5 Å². The molecule has 1 amide bonds. The normalized spacial score (nSPS) is 15.5. The molecule has 0 radical (unpaired) electrons. The Kier molecular flexibility index (Phi) is 4.81. The first-order valence-electron chi connectivity index (χ1n) is 8.64. The molecule has 5 nitrogen and oxygen atoms in total. The maximum atomic E-state index is 12.7. The molecule has 0 bridgehead atoms. The van der Waals surface area contributed by atoms with E-state index in [4.69, 9.17) is 4.74 Å². The Labute approximate surface area is 164 Å². The number of nitrogens with one attached hydrogen (secondary N) is 2. The van der Waals surface area contributed by atoms with Gasteiger partial charge in [-0.25, -0.2) is 0 Å². The summed E-state index contributed by atoms with van der Waals surface area (Å²) >= 11 is 3.45. The van der Waals surface area contributed by atoms with E-state index in [1.807, 2.05) is 48.5 Å². The number of benzene rings is 2. The number of H-pyrrole nitrogens is 1. The maximum absolute atomic E-state index is 12.7. The van der Waals surface area contributed by atoms with Gasteiger partial charge in [-0.2, -0.15) is 0 Å². The second-order valence-corrected chi connectivity index (χ2v) is 7.24. The minimum Gasteiger partial charge on any atom is -0.493 e. The van der Waals surface area contributed by atoms with E-state index in [0.717, 1.165) is 21.3 Å². The molecule has 136 valence electrons. The predicted molar refractivity (Wildman–Crippen MR) is 107 cm³/mol. The number of aromatic nitrogens is 1. The Bertz CT molecular complexity index is 1050. The van der Waals surface area contributed by atoms with Crippen LogP contribution in [0.5, 0.6) is 5.75 Å². The van der Waals surface area contributed by atoms with Crippen molar-refractivity contribution < 1.29 is 9.53 Å². The van der Waals surface area contributed by atoms with Crippen LogP contribution >= 0.6 is 15.9 Å². The summed E-state index contributed by atoms with van der Waals surface area (Å²) in [5.41, 5.74) is 2.16. The molecule has 6 heteroatoms. The lowest BCUT2D eigenvalue weighted by molar-refractivity contribution is 0.0923. The summed E-state index contributed by atoms with van der Waals surface area (Å²) in [6.07, 6.45) is 0.648. The van der Waals surface area contributed by atoms with Crippen molar-refractivity contribution in [3.63, 3.8) is 0 Å². The van der Waals surface area contributed by atoms with Gasteiger partial charge in [0.2, 0.25) is 0 Å². The second kappa shape index (κ2) is 7.40. The van der Waals surface area contributed by atoms with Gasteiger partial charge in [-0.1, -0.05) is 46.3 Å². The number of aromatic amines is 1. The van der Waals surface area contributed by atoms with Crippen LogP contribution in [0.15, 0.2) is 69.9 Å². The van der Waals surface area contributed by atoms with Crippen molar-refractivity contribution in [2.24, 2.45) is 0 Å². The van der Waals surface area contributed by atoms with E-state index in [1.54, 1.807) is 12.1 Å². The Morgan fingerprint density at radius 2 is 1.93 bits per heavy atom. The highest BCUT2D eigenvalue weighted by molar-refractivity contribution is 9.10. The van der Waals surface area contributed by atoms with E-state index >= 15 is 0 Å². The lowest BCUT2D eigenvalue weighted by Gasteiger charge is -2.26. The third-order valence-corrected chi connectivity index (χ3v) is 5.05. The molecule has 1 aromatic heterocycles. The van der Waals surface area contributed by atoms with Gasteiger partial charge in [0.25, 0.3) is 11.5 Å². The quantitative estimate of drug-likeness (QED) is 0.665. The summed E-state index contributed by atoms with van der Waals surface area (Å²) in [7, 11) is 0. The van der Waals surface area contributed by atoms with Crippen molar-refractivity contribution in [1.29, 1.82) is 0 Å². The highest BCUT2D eigenvalue weighted by atomic mass is 79.9. The molecule has 0 saturated heterocycles. The minimum atomic E-state index is -0.407. The van der Waals surface area contributed by atoms with Gasteiger partial charge in [0.1, 0.15) is 11.3 Å².